The van der Waals surface area contributed by atoms with Gasteiger partial charge in [0.15, 0.2) is 16.4 Å². The van der Waals surface area contributed by atoms with Crippen LogP contribution in [-0.4, -0.2) is 25.2 Å². The van der Waals surface area contributed by atoms with Crippen LogP contribution in [0.25, 0.3) is 11.1 Å². The highest BCUT2D eigenvalue weighted by atomic mass is 32.2. The fraction of sp³-hybridized carbons (Fsp3) is 0.267. The van der Waals surface area contributed by atoms with E-state index in [9.17, 15) is 32.9 Å². The van der Waals surface area contributed by atoms with Crippen molar-refractivity contribution in [2.45, 2.75) is 24.3 Å². The van der Waals surface area contributed by atoms with Crippen molar-refractivity contribution in [1.29, 1.82) is 0 Å². The van der Waals surface area contributed by atoms with Crippen LogP contribution in [0, 0.1) is 10.1 Å². The van der Waals surface area contributed by atoms with Gasteiger partial charge in [0.1, 0.15) is 0 Å². The van der Waals surface area contributed by atoms with Gasteiger partial charge in [-0.3, -0.25) is 19.5 Å². The van der Waals surface area contributed by atoms with Gasteiger partial charge in [-0.1, -0.05) is 11.8 Å². The number of H-pyrrole nitrogens is 1. The van der Waals surface area contributed by atoms with Crippen LogP contribution >= 0.6 is 11.8 Å². The summed E-state index contributed by atoms with van der Waals surface area (Å²) in [5.41, 5.74) is -1.98. The second-order valence-corrected chi connectivity index (χ2v) is 6.65. The van der Waals surface area contributed by atoms with Gasteiger partial charge >= 0.3 is 11.9 Å². The number of hydrogen-bond acceptors (Lipinski definition) is 7. The predicted octanol–water partition coefficient (Wildman–Crippen LogP) is 2.79. The smallest absolute Gasteiger partial charge is 0.408 e. The van der Waals surface area contributed by atoms with E-state index < -0.39 is 28.1 Å². The van der Waals surface area contributed by atoms with E-state index in [4.69, 9.17) is 4.42 Å². The molecule has 28 heavy (non-hydrogen) atoms. The first-order valence-electron chi connectivity index (χ1n) is 7.74. The van der Waals surface area contributed by atoms with E-state index in [0.29, 0.717) is 12.5 Å². The molecule has 0 bridgehead atoms. The number of rotatable bonds is 6. The number of nitrogens with one attached hydrogen (secondary N) is 1. The first-order valence-corrected chi connectivity index (χ1v) is 8.73. The largest absolute Gasteiger partial charge is 0.433 e. The highest BCUT2D eigenvalue weighted by Crippen LogP contribution is 2.27. The topological polar surface area (TPSA) is 124 Å². The van der Waals surface area contributed by atoms with E-state index in [2.05, 4.69) is 9.97 Å². The molecule has 0 unspecified atom stereocenters. The molecule has 0 radical (unpaired) electrons. The summed E-state index contributed by atoms with van der Waals surface area (Å²) in [5, 5.41) is 10.7. The van der Waals surface area contributed by atoms with Crippen molar-refractivity contribution in [1.82, 2.24) is 14.5 Å². The van der Waals surface area contributed by atoms with Gasteiger partial charge in [0.25, 0.3) is 11.2 Å². The minimum atomic E-state index is -4.73. The summed E-state index contributed by atoms with van der Waals surface area (Å²) < 4.78 is 44.3. The minimum absolute atomic E-state index is 0.114. The highest BCUT2D eigenvalue weighted by Gasteiger charge is 2.33. The lowest BCUT2D eigenvalue weighted by Crippen LogP contribution is -2.17. The number of non-ortho nitro benzene ring substituents is 1. The average molecular weight is 416 g/mol. The van der Waals surface area contributed by atoms with Crippen molar-refractivity contribution < 1.29 is 22.5 Å². The van der Waals surface area contributed by atoms with Gasteiger partial charge in [-0.15, -0.1) is 0 Å². The zero-order valence-electron chi connectivity index (χ0n) is 13.9. The molecule has 3 rings (SSSR count). The molecule has 9 nitrogen and oxygen atoms in total. The van der Waals surface area contributed by atoms with E-state index in [-0.39, 0.29) is 34.2 Å². The standard InChI is InChI=1S/C15H11F3N4O5S/c16-15(17,18)11-7-12(23)20-13(19-11)28-5-1-4-21-9-6-8(22(25)26)2-3-10(9)27-14(21)24/h2-3,6-7H,1,4-5H2,(H,19,20,23). The Morgan fingerprint density at radius 3 is 2.71 bits per heavy atom. The van der Waals surface area contributed by atoms with Crippen LogP contribution in [0.4, 0.5) is 18.9 Å². The molecule has 0 spiro atoms. The van der Waals surface area contributed by atoms with Crippen molar-refractivity contribution in [3.63, 3.8) is 0 Å². The van der Waals surface area contributed by atoms with Gasteiger partial charge in [-0.05, 0) is 12.5 Å². The van der Waals surface area contributed by atoms with Gasteiger partial charge in [-0.25, -0.2) is 9.78 Å². The molecule has 2 heterocycles. The molecule has 3 aromatic rings. The molecular weight excluding hydrogens is 405 g/mol. The molecule has 0 amide bonds. The summed E-state index contributed by atoms with van der Waals surface area (Å²) in [5.74, 6) is -0.468. The molecule has 1 N–H and O–H groups in total. The number of nitro benzene ring substituents is 1. The Bertz CT molecular complexity index is 1150. The molecule has 148 valence electrons. The van der Waals surface area contributed by atoms with Gasteiger partial charge < -0.3 is 9.40 Å². The van der Waals surface area contributed by atoms with Crippen LogP contribution in [-0.2, 0) is 12.7 Å². The van der Waals surface area contributed by atoms with Gasteiger partial charge in [0.2, 0.25) is 0 Å². The fourth-order valence-corrected chi connectivity index (χ4v) is 3.22. The van der Waals surface area contributed by atoms with Crippen molar-refractivity contribution in [3.05, 3.63) is 61.0 Å². The summed E-state index contributed by atoms with van der Waals surface area (Å²) in [7, 11) is 0. The number of fused-ring (bicyclic) bond motifs is 1. The van der Waals surface area contributed by atoms with Crippen molar-refractivity contribution in [2.75, 3.05) is 5.75 Å². The lowest BCUT2D eigenvalue weighted by Gasteiger charge is -2.07. The van der Waals surface area contributed by atoms with Crippen molar-refractivity contribution in [2.24, 2.45) is 0 Å². The Morgan fingerprint density at radius 2 is 2.04 bits per heavy atom. The van der Waals surface area contributed by atoms with Crippen LogP contribution in [0.3, 0.4) is 0 Å². The molecular formula is C15H11F3N4O5S. The maximum absolute atomic E-state index is 12.7. The zero-order valence-corrected chi connectivity index (χ0v) is 14.7. The number of alkyl halides is 3. The van der Waals surface area contributed by atoms with Crippen LogP contribution in [0.1, 0.15) is 12.1 Å². The molecule has 0 aliphatic heterocycles. The average Bonchev–Trinajstić information content (AvgIpc) is 2.92. The first-order chi connectivity index (χ1) is 13.1. The summed E-state index contributed by atoms with van der Waals surface area (Å²) in [6.45, 7) is 0.114. The highest BCUT2D eigenvalue weighted by molar-refractivity contribution is 7.99. The van der Waals surface area contributed by atoms with Gasteiger partial charge in [-0.2, -0.15) is 13.2 Å². The SMILES string of the molecule is O=c1cc(C(F)(F)F)nc(SCCCn2c(=O)oc3ccc([N+](=O)[O-])cc32)[nH]1. The number of aromatic nitrogens is 3. The molecule has 0 saturated heterocycles. The quantitative estimate of drug-likeness (QED) is 0.215. The lowest BCUT2D eigenvalue weighted by atomic mass is 10.3. The molecule has 13 heteroatoms. The van der Waals surface area contributed by atoms with E-state index in [1.54, 1.807) is 0 Å². The number of oxazole rings is 1. The Morgan fingerprint density at radius 1 is 1.29 bits per heavy atom. The summed E-state index contributed by atoms with van der Waals surface area (Å²) in [6.07, 6.45) is -4.43. The van der Waals surface area contributed by atoms with Gasteiger partial charge in [0.05, 0.1) is 10.4 Å². The molecule has 0 atom stereocenters. The summed E-state index contributed by atoms with van der Waals surface area (Å²) in [6, 6.07) is 4.10. The van der Waals surface area contributed by atoms with Crippen molar-refractivity contribution in [3.8, 4) is 0 Å². The second kappa shape index (κ2) is 7.50. The number of benzene rings is 1. The van der Waals surface area contributed by atoms with Crippen LogP contribution < -0.4 is 11.3 Å². The minimum Gasteiger partial charge on any atom is -0.408 e. The molecule has 0 aliphatic carbocycles. The van der Waals surface area contributed by atoms with E-state index >= 15 is 0 Å². The zero-order chi connectivity index (χ0) is 20.5. The number of halogens is 3. The molecule has 2 aromatic heterocycles. The third kappa shape index (κ3) is 4.24. The summed E-state index contributed by atoms with van der Waals surface area (Å²) in [4.78, 5) is 39.1. The third-order valence-electron chi connectivity index (χ3n) is 3.64. The third-order valence-corrected chi connectivity index (χ3v) is 4.60. The number of aryl methyl sites for hydroxylation is 1. The van der Waals surface area contributed by atoms with E-state index in [1.807, 2.05) is 0 Å². The van der Waals surface area contributed by atoms with Crippen LogP contribution in [0.2, 0.25) is 0 Å². The number of nitro groups is 1. The van der Waals surface area contributed by atoms with Crippen LogP contribution in [0.15, 0.2) is 43.4 Å². The molecule has 1 aromatic carbocycles. The van der Waals surface area contributed by atoms with Gasteiger partial charge in [0, 0.05) is 30.5 Å². The second-order valence-electron chi connectivity index (χ2n) is 5.56. The summed E-state index contributed by atoms with van der Waals surface area (Å²) >= 11 is 0.885. The molecule has 0 aliphatic rings. The maximum Gasteiger partial charge on any atom is 0.433 e. The number of aromatic amines is 1. The van der Waals surface area contributed by atoms with E-state index in [0.717, 1.165) is 11.8 Å². The normalized spacial score (nSPS) is 11.8. The Labute approximate surface area is 157 Å². The monoisotopic (exact) mass is 416 g/mol. The molecule has 0 saturated carbocycles. The fourth-order valence-electron chi connectivity index (χ4n) is 2.42. The predicted molar refractivity (Wildman–Crippen MR) is 92.3 cm³/mol. The van der Waals surface area contributed by atoms with E-state index in [1.165, 1.54) is 22.8 Å². The number of thioether (sulfide) groups is 1. The van der Waals surface area contributed by atoms with Crippen molar-refractivity contribution >= 4 is 28.5 Å². The number of nitrogens with zero attached hydrogens (tertiary/aromatic N) is 3. The Hall–Kier alpha value is -3.09. The number of hydrogen-bond donors (Lipinski definition) is 1. The Kier molecular flexibility index (Phi) is 5.27. The van der Waals surface area contributed by atoms with Crippen LogP contribution in [0.5, 0.6) is 0 Å². The lowest BCUT2D eigenvalue weighted by molar-refractivity contribution is -0.384. The Balaban J connectivity index is 1.71. The molecule has 0 fully saturated rings. The maximum atomic E-state index is 12.7. The first kappa shape index (κ1) is 19.7.